The molecule has 15 heavy (non-hydrogen) atoms. The predicted molar refractivity (Wildman–Crippen MR) is 54.5 cm³/mol. The van der Waals surface area contributed by atoms with Crippen molar-refractivity contribution in [3.8, 4) is 0 Å². The lowest BCUT2D eigenvalue weighted by atomic mass is 9.95. The van der Waals surface area contributed by atoms with Crippen LogP contribution >= 0.6 is 0 Å². The number of ether oxygens (including phenoxy) is 1. The van der Waals surface area contributed by atoms with E-state index >= 15 is 0 Å². The van der Waals surface area contributed by atoms with Crippen LogP contribution < -0.4 is 5.73 Å². The molecule has 0 aliphatic carbocycles. The first-order valence-corrected chi connectivity index (χ1v) is 4.66. The summed E-state index contributed by atoms with van der Waals surface area (Å²) in [5.41, 5.74) is 6.00. The molecule has 2 nitrogen and oxygen atoms in total. The van der Waals surface area contributed by atoms with E-state index in [-0.39, 0.29) is 0 Å². The van der Waals surface area contributed by atoms with Crippen LogP contribution in [0.25, 0.3) is 0 Å². The number of nitrogens with two attached hydrogens (primary N) is 1. The van der Waals surface area contributed by atoms with E-state index in [1.165, 1.54) is 6.07 Å². The smallest absolute Gasteiger partial charge is 0.159 e. The topological polar surface area (TPSA) is 35.2 Å². The molecule has 0 amide bonds. The maximum Gasteiger partial charge on any atom is 0.159 e. The van der Waals surface area contributed by atoms with E-state index in [2.05, 4.69) is 0 Å². The fourth-order valence-corrected chi connectivity index (χ4v) is 1.50. The zero-order chi connectivity index (χ0) is 11.5. The monoisotopic (exact) mass is 215 g/mol. The minimum Gasteiger partial charge on any atom is -0.383 e. The Morgan fingerprint density at radius 3 is 2.53 bits per heavy atom. The standard InChI is InChI=1S/C11H15F2NO/c1-11(14,7-15-2)6-8-3-4-9(12)10(13)5-8/h3-5H,6-7,14H2,1-2H3. The van der Waals surface area contributed by atoms with Gasteiger partial charge in [0, 0.05) is 12.6 Å². The molecule has 0 aliphatic rings. The van der Waals surface area contributed by atoms with E-state index in [1.807, 2.05) is 0 Å². The van der Waals surface area contributed by atoms with Crippen molar-refractivity contribution in [2.45, 2.75) is 18.9 Å². The third-order valence-corrected chi connectivity index (χ3v) is 2.07. The van der Waals surface area contributed by atoms with E-state index < -0.39 is 17.2 Å². The van der Waals surface area contributed by atoms with Gasteiger partial charge in [0.25, 0.3) is 0 Å². The molecular formula is C11H15F2NO. The molecule has 1 aromatic rings. The number of benzene rings is 1. The van der Waals surface area contributed by atoms with Crippen molar-refractivity contribution >= 4 is 0 Å². The summed E-state index contributed by atoms with van der Waals surface area (Å²) in [5, 5.41) is 0. The van der Waals surface area contributed by atoms with Gasteiger partial charge in [-0.15, -0.1) is 0 Å². The number of halogens is 2. The molecular weight excluding hydrogens is 200 g/mol. The lowest BCUT2D eigenvalue weighted by molar-refractivity contribution is 0.141. The van der Waals surface area contributed by atoms with Crippen molar-refractivity contribution in [3.05, 3.63) is 35.4 Å². The molecule has 1 aromatic carbocycles. The number of rotatable bonds is 4. The summed E-state index contributed by atoms with van der Waals surface area (Å²) in [6, 6.07) is 3.79. The van der Waals surface area contributed by atoms with Crippen LogP contribution in [0.5, 0.6) is 0 Å². The molecule has 0 spiro atoms. The molecule has 0 saturated heterocycles. The van der Waals surface area contributed by atoms with Gasteiger partial charge in [0.2, 0.25) is 0 Å². The Labute approximate surface area is 88.0 Å². The molecule has 0 aliphatic heterocycles. The predicted octanol–water partition coefficient (Wildman–Crippen LogP) is 1.87. The van der Waals surface area contributed by atoms with Crippen molar-refractivity contribution in [2.24, 2.45) is 5.73 Å². The third kappa shape index (κ3) is 3.57. The molecule has 1 atom stereocenters. The van der Waals surface area contributed by atoms with Crippen molar-refractivity contribution in [2.75, 3.05) is 13.7 Å². The fraction of sp³-hybridized carbons (Fsp3) is 0.455. The second-order valence-corrected chi connectivity index (χ2v) is 4.01. The van der Waals surface area contributed by atoms with Gasteiger partial charge in [-0.3, -0.25) is 0 Å². The second-order valence-electron chi connectivity index (χ2n) is 4.01. The molecule has 84 valence electrons. The first kappa shape index (κ1) is 12.1. The van der Waals surface area contributed by atoms with Crippen molar-refractivity contribution in [1.29, 1.82) is 0 Å². The van der Waals surface area contributed by atoms with E-state index in [1.54, 1.807) is 14.0 Å². The summed E-state index contributed by atoms with van der Waals surface area (Å²) >= 11 is 0. The van der Waals surface area contributed by atoms with Gasteiger partial charge in [0.05, 0.1) is 6.61 Å². The van der Waals surface area contributed by atoms with E-state index in [0.717, 1.165) is 12.1 Å². The molecule has 1 unspecified atom stereocenters. The van der Waals surface area contributed by atoms with Crippen molar-refractivity contribution in [1.82, 2.24) is 0 Å². The first-order chi connectivity index (χ1) is 6.94. The molecule has 1 rings (SSSR count). The SMILES string of the molecule is COCC(C)(N)Cc1ccc(F)c(F)c1. The first-order valence-electron chi connectivity index (χ1n) is 4.66. The number of hydrogen-bond acceptors (Lipinski definition) is 2. The molecule has 0 saturated carbocycles. The minimum atomic E-state index is -0.847. The van der Waals surface area contributed by atoms with E-state index in [9.17, 15) is 8.78 Å². The van der Waals surface area contributed by atoms with Crippen LogP contribution in [0.3, 0.4) is 0 Å². The molecule has 0 heterocycles. The maximum absolute atomic E-state index is 12.9. The Hall–Kier alpha value is -1.00. The van der Waals surface area contributed by atoms with Gasteiger partial charge in [-0.25, -0.2) is 8.78 Å². The van der Waals surface area contributed by atoms with E-state index in [0.29, 0.717) is 18.6 Å². The molecule has 4 heteroatoms. The summed E-state index contributed by atoms with van der Waals surface area (Å²) in [6.07, 6.45) is 0.442. The number of methoxy groups -OCH3 is 1. The normalized spacial score (nSPS) is 15.0. The third-order valence-electron chi connectivity index (χ3n) is 2.07. The highest BCUT2D eigenvalue weighted by molar-refractivity contribution is 5.20. The zero-order valence-corrected chi connectivity index (χ0v) is 8.89. The van der Waals surface area contributed by atoms with Gasteiger partial charge >= 0.3 is 0 Å². The van der Waals surface area contributed by atoms with Gasteiger partial charge in [0.15, 0.2) is 11.6 Å². The fourth-order valence-electron chi connectivity index (χ4n) is 1.50. The summed E-state index contributed by atoms with van der Waals surface area (Å²) < 4.78 is 30.5. The van der Waals surface area contributed by atoms with Crippen LogP contribution in [-0.2, 0) is 11.2 Å². The van der Waals surface area contributed by atoms with Gasteiger partial charge in [-0.05, 0) is 31.0 Å². The lowest BCUT2D eigenvalue weighted by Crippen LogP contribution is -2.43. The lowest BCUT2D eigenvalue weighted by Gasteiger charge is -2.23. The molecule has 0 bridgehead atoms. The van der Waals surface area contributed by atoms with Crippen LogP contribution in [0, 0.1) is 11.6 Å². The second kappa shape index (κ2) is 4.68. The largest absolute Gasteiger partial charge is 0.383 e. The average molecular weight is 215 g/mol. The van der Waals surface area contributed by atoms with Gasteiger partial charge < -0.3 is 10.5 Å². The van der Waals surface area contributed by atoms with Crippen molar-refractivity contribution in [3.63, 3.8) is 0 Å². The summed E-state index contributed by atoms with van der Waals surface area (Å²) in [4.78, 5) is 0. The van der Waals surface area contributed by atoms with Crippen LogP contribution in [0.1, 0.15) is 12.5 Å². The van der Waals surface area contributed by atoms with Crippen LogP contribution in [0.15, 0.2) is 18.2 Å². The Morgan fingerprint density at radius 1 is 1.33 bits per heavy atom. The Morgan fingerprint density at radius 2 is 2.00 bits per heavy atom. The van der Waals surface area contributed by atoms with E-state index in [4.69, 9.17) is 10.5 Å². The highest BCUT2D eigenvalue weighted by Gasteiger charge is 2.19. The average Bonchev–Trinajstić information content (AvgIpc) is 2.10. The quantitative estimate of drug-likeness (QED) is 0.832. The zero-order valence-electron chi connectivity index (χ0n) is 8.89. The number of hydrogen-bond donors (Lipinski definition) is 1. The highest BCUT2D eigenvalue weighted by Crippen LogP contribution is 2.14. The summed E-state index contributed by atoms with van der Waals surface area (Å²) in [6.45, 7) is 2.17. The Bertz CT molecular complexity index is 339. The summed E-state index contributed by atoms with van der Waals surface area (Å²) in [5.74, 6) is -1.69. The molecule has 0 aromatic heterocycles. The Kier molecular flexibility index (Phi) is 3.77. The Balaban J connectivity index is 2.76. The molecule has 0 radical (unpaired) electrons. The van der Waals surface area contributed by atoms with Gasteiger partial charge in [0.1, 0.15) is 0 Å². The summed E-state index contributed by atoms with van der Waals surface area (Å²) in [7, 11) is 1.55. The highest BCUT2D eigenvalue weighted by atomic mass is 19.2. The minimum absolute atomic E-state index is 0.367. The van der Waals surface area contributed by atoms with Crippen molar-refractivity contribution < 1.29 is 13.5 Å². The van der Waals surface area contributed by atoms with Crippen LogP contribution in [0.4, 0.5) is 8.78 Å². The van der Waals surface area contributed by atoms with Crippen LogP contribution in [-0.4, -0.2) is 19.3 Å². The maximum atomic E-state index is 12.9. The van der Waals surface area contributed by atoms with Gasteiger partial charge in [-0.1, -0.05) is 6.07 Å². The van der Waals surface area contributed by atoms with Gasteiger partial charge in [-0.2, -0.15) is 0 Å². The molecule has 0 fully saturated rings. The van der Waals surface area contributed by atoms with Crippen LogP contribution in [0.2, 0.25) is 0 Å². The molecule has 2 N–H and O–H groups in total.